The second-order valence-electron chi connectivity index (χ2n) is 4.03. The maximum Gasteiger partial charge on any atom is 0.0763 e. The van der Waals surface area contributed by atoms with E-state index >= 15 is 0 Å². The summed E-state index contributed by atoms with van der Waals surface area (Å²) in [5.74, 6) is 0. The fourth-order valence-electron chi connectivity index (χ4n) is 1.81. The lowest BCUT2D eigenvalue weighted by atomic mass is 10.0. The molecule has 1 N–H and O–H groups in total. The summed E-state index contributed by atoms with van der Waals surface area (Å²) in [6.45, 7) is 0. The maximum atomic E-state index is 6.18. The van der Waals surface area contributed by atoms with Gasteiger partial charge in [0.05, 0.1) is 26.8 Å². The standard InChI is InChI=1S/C13H12Cl3N3/c1-17-12(4-8-2-3-18-7-11(8)16)13-10(15)5-9(14)6-19-13/h2-3,5-7,12,17H,4H2,1H3. The van der Waals surface area contributed by atoms with Crippen molar-refractivity contribution in [3.05, 3.63) is 57.0 Å². The van der Waals surface area contributed by atoms with Crippen LogP contribution >= 0.6 is 34.8 Å². The summed E-state index contributed by atoms with van der Waals surface area (Å²) >= 11 is 18.1. The summed E-state index contributed by atoms with van der Waals surface area (Å²) in [6, 6.07) is 3.53. The van der Waals surface area contributed by atoms with Gasteiger partial charge in [-0.25, -0.2) is 0 Å². The Morgan fingerprint density at radius 1 is 1.21 bits per heavy atom. The van der Waals surface area contributed by atoms with Crippen molar-refractivity contribution in [3.8, 4) is 0 Å². The Morgan fingerprint density at radius 3 is 2.63 bits per heavy atom. The van der Waals surface area contributed by atoms with E-state index in [0.717, 1.165) is 11.3 Å². The van der Waals surface area contributed by atoms with E-state index in [1.807, 2.05) is 13.1 Å². The fourth-order valence-corrected chi connectivity index (χ4v) is 2.51. The number of aromatic nitrogens is 2. The Hall–Kier alpha value is -0.870. The Balaban J connectivity index is 2.28. The molecule has 19 heavy (non-hydrogen) atoms. The zero-order valence-electron chi connectivity index (χ0n) is 10.2. The molecule has 0 radical (unpaired) electrons. The Kier molecular flexibility index (Phi) is 4.99. The fraction of sp³-hybridized carbons (Fsp3) is 0.231. The zero-order chi connectivity index (χ0) is 13.8. The van der Waals surface area contributed by atoms with Gasteiger partial charge >= 0.3 is 0 Å². The van der Waals surface area contributed by atoms with Crippen molar-refractivity contribution in [3.63, 3.8) is 0 Å². The van der Waals surface area contributed by atoms with Crippen LogP contribution in [0.1, 0.15) is 17.3 Å². The number of hydrogen-bond acceptors (Lipinski definition) is 3. The molecule has 0 aliphatic heterocycles. The van der Waals surface area contributed by atoms with Crippen LogP contribution in [0.4, 0.5) is 0 Å². The van der Waals surface area contributed by atoms with E-state index in [-0.39, 0.29) is 6.04 Å². The molecule has 1 unspecified atom stereocenters. The second-order valence-corrected chi connectivity index (χ2v) is 5.28. The van der Waals surface area contributed by atoms with Crippen LogP contribution in [0.25, 0.3) is 0 Å². The maximum absolute atomic E-state index is 6.18. The molecule has 2 aromatic heterocycles. The predicted octanol–water partition coefficient (Wildman–Crippen LogP) is 3.94. The van der Waals surface area contributed by atoms with Crippen molar-refractivity contribution in [1.29, 1.82) is 0 Å². The minimum Gasteiger partial charge on any atom is -0.311 e. The van der Waals surface area contributed by atoms with E-state index in [2.05, 4.69) is 15.3 Å². The molecule has 1 atom stereocenters. The van der Waals surface area contributed by atoms with Crippen LogP contribution in [0.15, 0.2) is 30.7 Å². The lowest BCUT2D eigenvalue weighted by Crippen LogP contribution is -2.20. The third-order valence-electron chi connectivity index (χ3n) is 2.80. The Labute approximate surface area is 126 Å². The molecule has 2 aromatic rings. The van der Waals surface area contributed by atoms with Gasteiger partial charge in [0, 0.05) is 18.6 Å². The van der Waals surface area contributed by atoms with Gasteiger partial charge < -0.3 is 5.32 Å². The quantitative estimate of drug-likeness (QED) is 0.928. The minimum atomic E-state index is -0.0373. The van der Waals surface area contributed by atoms with Gasteiger partial charge in [-0.3, -0.25) is 9.97 Å². The highest BCUT2D eigenvalue weighted by Crippen LogP contribution is 2.27. The van der Waals surface area contributed by atoms with Gasteiger partial charge in [0.25, 0.3) is 0 Å². The zero-order valence-corrected chi connectivity index (χ0v) is 12.5. The second kappa shape index (κ2) is 6.53. The summed E-state index contributed by atoms with van der Waals surface area (Å²) in [4.78, 5) is 8.26. The molecule has 0 saturated heterocycles. The smallest absolute Gasteiger partial charge is 0.0763 e. The first-order chi connectivity index (χ1) is 9.11. The van der Waals surface area contributed by atoms with Crippen LogP contribution in [0.5, 0.6) is 0 Å². The molecular weight excluding hydrogens is 305 g/mol. The topological polar surface area (TPSA) is 37.8 Å². The molecule has 3 nitrogen and oxygen atoms in total. The largest absolute Gasteiger partial charge is 0.311 e. The monoisotopic (exact) mass is 315 g/mol. The number of nitrogens with one attached hydrogen (secondary N) is 1. The molecule has 6 heteroatoms. The molecule has 0 spiro atoms. The number of rotatable bonds is 4. The van der Waals surface area contributed by atoms with Gasteiger partial charge in [-0.05, 0) is 31.2 Å². The highest BCUT2D eigenvalue weighted by atomic mass is 35.5. The van der Waals surface area contributed by atoms with Crippen LogP contribution in [0.3, 0.4) is 0 Å². The highest BCUT2D eigenvalue weighted by molar-refractivity contribution is 6.34. The van der Waals surface area contributed by atoms with Crippen molar-refractivity contribution in [1.82, 2.24) is 15.3 Å². The summed E-state index contributed by atoms with van der Waals surface area (Å²) in [5, 5.41) is 4.88. The summed E-state index contributed by atoms with van der Waals surface area (Å²) in [7, 11) is 1.85. The predicted molar refractivity (Wildman–Crippen MR) is 79.0 cm³/mol. The third-order valence-corrected chi connectivity index (χ3v) is 3.65. The van der Waals surface area contributed by atoms with E-state index in [9.17, 15) is 0 Å². The van der Waals surface area contributed by atoms with Crippen molar-refractivity contribution >= 4 is 34.8 Å². The van der Waals surface area contributed by atoms with Crippen LogP contribution in [0.2, 0.25) is 15.1 Å². The number of halogens is 3. The number of likely N-dealkylation sites (N-methyl/N-ethyl adjacent to an activating group) is 1. The third kappa shape index (κ3) is 3.57. The van der Waals surface area contributed by atoms with Gasteiger partial charge in [0.1, 0.15) is 0 Å². The van der Waals surface area contributed by atoms with Crippen LogP contribution in [0, 0.1) is 0 Å². The SMILES string of the molecule is CNC(Cc1ccncc1Cl)c1ncc(Cl)cc1Cl. The Morgan fingerprint density at radius 2 is 2.00 bits per heavy atom. The van der Waals surface area contributed by atoms with Crippen molar-refractivity contribution in [2.24, 2.45) is 0 Å². The lowest BCUT2D eigenvalue weighted by molar-refractivity contribution is 0.576. The normalized spacial score (nSPS) is 12.4. The van der Waals surface area contributed by atoms with Crippen molar-refractivity contribution < 1.29 is 0 Å². The van der Waals surface area contributed by atoms with Gasteiger partial charge in [0.2, 0.25) is 0 Å². The first kappa shape index (κ1) is 14.5. The molecule has 100 valence electrons. The number of hydrogen-bond donors (Lipinski definition) is 1. The van der Waals surface area contributed by atoms with Crippen LogP contribution < -0.4 is 5.32 Å². The molecule has 0 bridgehead atoms. The molecule has 2 heterocycles. The number of nitrogens with zero attached hydrogens (tertiary/aromatic N) is 2. The molecule has 0 aromatic carbocycles. The molecular formula is C13H12Cl3N3. The Bertz CT molecular complexity index is 575. The summed E-state index contributed by atoms with van der Waals surface area (Å²) < 4.78 is 0. The van der Waals surface area contributed by atoms with Gasteiger partial charge in [0.15, 0.2) is 0 Å². The molecule has 0 aliphatic carbocycles. The van der Waals surface area contributed by atoms with E-state index in [0.29, 0.717) is 21.5 Å². The van der Waals surface area contributed by atoms with Crippen molar-refractivity contribution in [2.45, 2.75) is 12.5 Å². The van der Waals surface area contributed by atoms with E-state index in [4.69, 9.17) is 34.8 Å². The lowest BCUT2D eigenvalue weighted by Gasteiger charge is -2.17. The van der Waals surface area contributed by atoms with E-state index in [1.54, 1.807) is 24.7 Å². The van der Waals surface area contributed by atoms with Crippen LogP contribution in [-0.4, -0.2) is 17.0 Å². The van der Waals surface area contributed by atoms with Gasteiger partial charge in [-0.1, -0.05) is 34.8 Å². The van der Waals surface area contributed by atoms with E-state index in [1.165, 1.54) is 0 Å². The van der Waals surface area contributed by atoms with Crippen molar-refractivity contribution in [2.75, 3.05) is 7.05 Å². The highest BCUT2D eigenvalue weighted by Gasteiger charge is 2.16. The molecule has 0 fully saturated rings. The first-order valence-electron chi connectivity index (χ1n) is 5.68. The van der Waals surface area contributed by atoms with Crippen LogP contribution in [-0.2, 0) is 6.42 Å². The average molecular weight is 317 g/mol. The molecule has 0 amide bonds. The number of pyridine rings is 2. The van der Waals surface area contributed by atoms with Gasteiger partial charge in [-0.15, -0.1) is 0 Å². The average Bonchev–Trinajstić information content (AvgIpc) is 2.39. The summed E-state index contributed by atoms with van der Waals surface area (Å²) in [5.41, 5.74) is 1.74. The van der Waals surface area contributed by atoms with E-state index < -0.39 is 0 Å². The first-order valence-corrected chi connectivity index (χ1v) is 6.81. The summed E-state index contributed by atoms with van der Waals surface area (Å²) in [6.07, 6.45) is 5.60. The molecule has 0 aliphatic rings. The van der Waals surface area contributed by atoms with Gasteiger partial charge in [-0.2, -0.15) is 0 Å². The minimum absolute atomic E-state index is 0.0373. The molecule has 2 rings (SSSR count). The molecule has 0 saturated carbocycles.